The van der Waals surface area contributed by atoms with Crippen LogP contribution in [0.1, 0.15) is 26.2 Å². The minimum atomic E-state index is 0.319. The number of nitrogen functional groups attached to an aromatic ring is 1. The Morgan fingerprint density at radius 1 is 1.47 bits per heavy atom. The topological polar surface area (TPSA) is 76.3 Å². The SMILES string of the molecule is CCCNc1cc(N(CCOC)C2CC2)nc(N)n1. The number of rotatable bonds is 8. The Labute approximate surface area is 114 Å². The third-order valence-electron chi connectivity index (χ3n) is 3.10. The van der Waals surface area contributed by atoms with E-state index in [9.17, 15) is 0 Å². The largest absolute Gasteiger partial charge is 0.383 e. The van der Waals surface area contributed by atoms with Crippen LogP contribution in [-0.2, 0) is 4.74 Å². The molecule has 1 saturated carbocycles. The minimum absolute atomic E-state index is 0.319. The monoisotopic (exact) mass is 265 g/mol. The summed E-state index contributed by atoms with van der Waals surface area (Å²) in [5.74, 6) is 2.01. The highest BCUT2D eigenvalue weighted by Crippen LogP contribution is 2.31. The first kappa shape index (κ1) is 13.9. The van der Waals surface area contributed by atoms with Crippen LogP contribution < -0.4 is 16.0 Å². The van der Waals surface area contributed by atoms with Crippen LogP contribution in [0.3, 0.4) is 0 Å². The van der Waals surface area contributed by atoms with E-state index in [1.807, 2.05) is 6.07 Å². The average Bonchev–Trinajstić information content (AvgIpc) is 3.21. The predicted molar refractivity (Wildman–Crippen MR) is 77.5 cm³/mol. The zero-order chi connectivity index (χ0) is 13.7. The van der Waals surface area contributed by atoms with Gasteiger partial charge in [-0.2, -0.15) is 9.97 Å². The molecule has 106 valence electrons. The van der Waals surface area contributed by atoms with Crippen molar-refractivity contribution < 1.29 is 4.74 Å². The van der Waals surface area contributed by atoms with Gasteiger partial charge in [-0.05, 0) is 19.3 Å². The van der Waals surface area contributed by atoms with Crippen molar-refractivity contribution in [2.75, 3.05) is 42.8 Å². The molecule has 0 radical (unpaired) electrons. The van der Waals surface area contributed by atoms with E-state index < -0.39 is 0 Å². The molecule has 0 spiro atoms. The molecule has 1 aliphatic rings. The number of hydrogen-bond donors (Lipinski definition) is 2. The molecule has 0 unspecified atom stereocenters. The number of nitrogens with two attached hydrogens (primary N) is 1. The smallest absolute Gasteiger partial charge is 0.223 e. The lowest BCUT2D eigenvalue weighted by molar-refractivity contribution is 0.204. The molecule has 1 fully saturated rings. The van der Waals surface area contributed by atoms with E-state index in [0.717, 1.165) is 31.1 Å². The molecule has 0 aromatic carbocycles. The van der Waals surface area contributed by atoms with Gasteiger partial charge in [0.25, 0.3) is 0 Å². The highest BCUT2D eigenvalue weighted by Gasteiger charge is 2.30. The van der Waals surface area contributed by atoms with Gasteiger partial charge in [0.2, 0.25) is 5.95 Å². The van der Waals surface area contributed by atoms with Gasteiger partial charge in [0.05, 0.1) is 6.61 Å². The third-order valence-corrected chi connectivity index (χ3v) is 3.10. The first-order chi connectivity index (χ1) is 9.24. The van der Waals surface area contributed by atoms with Gasteiger partial charge in [-0.25, -0.2) is 0 Å². The molecule has 1 aromatic rings. The summed E-state index contributed by atoms with van der Waals surface area (Å²) in [6, 6.07) is 2.54. The maximum Gasteiger partial charge on any atom is 0.223 e. The number of methoxy groups -OCH3 is 1. The fourth-order valence-corrected chi connectivity index (χ4v) is 2.00. The van der Waals surface area contributed by atoms with Crippen LogP contribution in [0.4, 0.5) is 17.6 Å². The molecule has 6 nitrogen and oxygen atoms in total. The van der Waals surface area contributed by atoms with Gasteiger partial charge < -0.3 is 20.7 Å². The van der Waals surface area contributed by atoms with E-state index in [0.29, 0.717) is 18.6 Å². The Kier molecular flexibility index (Phi) is 4.79. The Balaban J connectivity index is 2.13. The third kappa shape index (κ3) is 3.96. The molecule has 0 bridgehead atoms. The summed E-state index contributed by atoms with van der Waals surface area (Å²) in [7, 11) is 1.72. The van der Waals surface area contributed by atoms with Crippen molar-refractivity contribution in [1.29, 1.82) is 0 Å². The van der Waals surface area contributed by atoms with Crippen molar-refractivity contribution in [1.82, 2.24) is 9.97 Å². The minimum Gasteiger partial charge on any atom is -0.383 e. The molecule has 0 atom stereocenters. The van der Waals surface area contributed by atoms with E-state index in [1.54, 1.807) is 7.11 Å². The molecule has 1 aliphatic carbocycles. The first-order valence-corrected chi connectivity index (χ1v) is 6.88. The van der Waals surface area contributed by atoms with Crippen LogP contribution in [0.2, 0.25) is 0 Å². The number of ether oxygens (including phenoxy) is 1. The zero-order valence-corrected chi connectivity index (χ0v) is 11.7. The summed E-state index contributed by atoms with van der Waals surface area (Å²) < 4.78 is 5.17. The molecule has 19 heavy (non-hydrogen) atoms. The van der Waals surface area contributed by atoms with E-state index in [-0.39, 0.29) is 0 Å². The van der Waals surface area contributed by atoms with E-state index in [1.165, 1.54) is 12.8 Å². The average molecular weight is 265 g/mol. The number of nitrogens with zero attached hydrogens (tertiary/aromatic N) is 3. The van der Waals surface area contributed by atoms with Crippen LogP contribution in [0.15, 0.2) is 6.07 Å². The van der Waals surface area contributed by atoms with Crippen LogP contribution in [0.25, 0.3) is 0 Å². The second-order valence-corrected chi connectivity index (χ2v) is 4.81. The van der Waals surface area contributed by atoms with Crippen molar-refractivity contribution in [3.05, 3.63) is 6.07 Å². The van der Waals surface area contributed by atoms with Gasteiger partial charge in [-0.1, -0.05) is 6.92 Å². The van der Waals surface area contributed by atoms with Crippen LogP contribution in [0.5, 0.6) is 0 Å². The van der Waals surface area contributed by atoms with Gasteiger partial charge in [0.1, 0.15) is 11.6 Å². The van der Waals surface area contributed by atoms with E-state index >= 15 is 0 Å². The molecule has 1 aromatic heterocycles. The van der Waals surface area contributed by atoms with Crippen LogP contribution in [-0.4, -0.2) is 42.8 Å². The molecule has 0 saturated heterocycles. The Morgan fingerprint density at radius 2 is 2.26 bits per heavy atom. The highest BCUT2D eigenvalue weighted by molar-refractivity contribution is 5.53. The summed E-state index contributed by atoms with van der Waals surface area (Å²) >= 11 is 0. The number of hydrogen-bond acceptors (Lipinski definition) is 6. The van der Waals surface area contributed by atoms with Crippen molar-refractivity contribution in [2.45, 2.75) is 32.2 Å². The molecule has 3 N–H and O–H groups in total. The van der Waals surface area contributed by atoms with Gasteiger partial charge in [0, 0.05) is 32.3 Å². The first-order valence-electron chi connectivity index (χ1n) is 6.88. The van der Waals surface area contributed by atoms with Crippen LogP contribution in [0, 0.1) is 0 Å². The van der Waals surface area contributed by atoms with Crippen molar-refractivity contribution >= 4 is 17.6 Å². The quantitative estimate of drug-likeness (QED) is 0.741. The van der Waals surface area contributed by atoms with Crippen molar-refractivity contribution in [3.8, 4) is 0 Å². The summed E-state index contributed by atoms with van der Waals surface area (Å²) in [5.41, 5.74) is 5.80. The number of nitrogens with one attached hydrogen (secondary N) is 1. The fraction of sp³-hybridized carbons (Fsp3) is 0.692. The summed E-state index contributed by atoms with van der Waals surface area (Å²) in [5, 5.41) is 3.26. The summed E-state index contributed by atoms with van der Waals surface area (Å²) in [4.78, 5) is 10.8. The standard InChI is InChI=1S/C13H23N5O/c1-3-6-15-11-9-12(17-13(14)16-11)18(7-8-19-2)10-4-5-10/h9-10H,3-8H2,1-2H3,(H3,14,15,16,17). The molecular weight excluding hydrogens is 242 g/mol. The van der Waals surface area contributed by atoms with Crippen LogP contribution >= 0.6 is 0 Å². The van der Waals surface area contributed by atoms with Gasteiger partial charge in [-0.15, -0.1) is 0 Å². The molecule has 6 heteroatoms. The summed E-state index contributed by atoms with van der Waals surface area (Å²) in [6.45, 7) is 4.54. The van der Waals surface area contributed by atoms with E-state index in [4.69, 9.17) is 10.5 Å². The van der Waals surface area contributed by atoms with Crippen molar-refractivity contribution in [3.63, 3.8) is 0 Å². The van der Waals surface area contributed by atoms with Gasteiger partial charge in [-0.3, -0.25) is 0 Å². The van der Waals surface area contributed by atoms with Crippen molar-refractivity contribution in [2.24, 2.45) is 0 Å². The lowest BCUT2D eigenvalue weighted by Crippen LogP contribution is -2.30. The fourth-order valence-electron chi connectivity index (χ4n) is 2.00. The number of aromatic nitrogens is 2. The number of anilines is 3. The normalized spacial score (nSPS) is 14.4. The van der Waals surface area contributed by atoms with Gasteiger partial charge in [0.15, 0.2) is 0 Å². The molecule has 0 aliphatic heterocycles. The van der Waals surface area contributed by atoms with E-state index in [2.05, 4.69) is 27.1 Å². The lowest BCUT2D eigenvalue weighted by atomic mass is 10.4. The molecule has 2 rings (SSSR count). The molecule has 0 amide bonds. The van der Waals surface area contributed by atoms with Gasteiger partial charge >= 0.3 is 0 Å². The Bertz CT molecular complexity index is 408. The lowest BCUT2D eigenvalue weighted by Gasteiger charge is -2.23. The maximum absolute atomic E-state index is 5.80. The Morgan fingerprint density at radius 3 is 2.89 bits per heavy atom. The Hall–Kier alpha value is -1.56. The molecular formula is C13H23N5O. The summed E-state index contributed by atoms with van der Waals surface area (Å²) in [6.07, 6.45) is 3.48. The predicted octanol–water partition coefficient (Wildman–Crippen LogP) is 1.50. The zero-order valence-electron chi connectivity index (χ0n) is 11.7. The second kappa shape index (κ2) is 6.56. The second-order valence-electron chi connectivity index (χ2n) is 4.81. The molecule has 1 heterocycles. The maximum atomic E-state index is 5.80. The highest BCUT2D eigenvalue weighted by atomic mass is 16.5.